The van der Waals surface area contributed by atoms with Gasteiger partial charge in [-0.2, -0.15) is 0 Å². The summed E-state index contributed by atoms with van der Waals surface area (Å²) in [5, 5.41) is 0.577. The second-order valence-electron chi connectivity index (χ2n) is 5.48. The normalized spacial score (nSPS) is 18.6. The van der Waals surface area contributed by atoms with Gasteiger partial charge in [0.25, 0.3) is 5.91 Å². The van der Waals surface area contributed by atoms with Crippen LogP contribution in [0.3, 0.4) is 0 Å². The van der Waals surface area contributed by atoms with Crippen molar-refractivity contribution in [2.45, 2.75) is 19.6 Å². The van der Waals surface area contributed by atoms with E-state index in [0.29, 0.717) is 23.1 Å². The van der Waals surface area contributed by atoms with Crippen LogP contribution in [0.2, 0.25) is 5.02 Å². The highest BCUT2D eigenvalue weighted by molar-refractivity contribution is 6.30. The van der Waals surface area contributed by atoms with Crippen molar-refractivity contribution in [2.75, 3.05) is 11.7 Å². The molecule has 2 aromatic carbocycles. The molecular weight excluding hydrogens is 318 g/mol. The van der Waals surface area contributed by atoms with E-state index in [1.54, 1.807) is 30.0 Å². The summed E-state index contributed by atoms with van der Waals surface area (Å²) >= 11 is 6.02. The number of halogens is 1. The summed E-state index contributed by atoms with van der Waals surface area (Å²) in [6.45, 7) is 2.39. The van der Waals surface area contributed by atoms with Crippen LogP contribution >= 0.6 is 11.6 Å². The Morgan fingerprint density at radius 1 is 1.13 bits per heavy atom. The Hall–Kier alpha value is -2.40. The number of carbonyl (C=O) groups excluding carboxylic acids is 1. The van der Waals surface area contributed by atoms with Crippen molar-refractivity contribution in [2.24, 2.45) is 0 Å². The first kappa shape index (κ1) is 14.2. The average Bonchev–Trinajstić information content (AvgIpc) is 2.99. The number of benzene rings is 2. The van der Waals surface area contributed by atoms with Gasteiger partial charge in [-0.15, -0.1) is 0 Å². The van der Waals surface area contributed by atoms with Crippen LogP contribution in [0.15, 0.2) is 36.4 Å². The third-order valence-corrected chi connectivity index (χ3v) is 4.14. The van der Waals surface area contributed by atoms with Gasteiger partial charge < -0.3 is 19.1 Å². The van der Waals surface area contributed by atoms with Gasteiger partial charge in [0, 0.05) is 11.1 Å². The van der Waals surface area contributed by atoms with Gasteiger partial charge in [-0.25, -0.2) is 0 Å². The van der Waals surface area contributed by atoms with Crippen molar-refractivity contribution in [3.8, 4) is 17.2 Å². The standard InChI is InChI=1S/C17H14ClNO4/c1-10-17(20)19(13-4-3-12(18)7-15(13)23-10)8-11-2-5-14-16(6-11)22-9-21-14/h2-7,10H,8-9H2,1H3. The Bertz CT molecular complexity index is 792. The summed E-state index contributed by atoms with van der Waals surface area (Å²) in [7, 11) is 0. The lowest BCUT2D eigenvalue weighted by Crippen LogP contribution is -2.43. The summed E-state index contributed by atoms with van der Waals surface area (Å²) < 4.78 is 16.4. The summed E-state index contributed by atoms with van der Waals surface area (Å²) in [6, 6.07) is 11.0. The van der Waals surface area contributed by atoms with Crippen LogP contribution in [0.5, 0.6) is 17.2 Å². The molecule has 0 fully saturated rings. The SMILES string of the molecule is CC1Oc2cc(Cl)ccc2N(Cc2ccc3c(c2)OCO3)C1=O. The number of nitrogens with zero attached hydrogens (tertiary/aromatic N) is 1. The zero-order chi connectivity index (χ0) is 16.0. The average molecular weight is 332 g/mol. The Morgan fingerprint density at radius 2 is 1.96 bits per heavy atom. The fourth-order valence-electron chi connectivity index (χ4n) is 2.77. The lowest BCUT2D eigenvalue weighted by Gasteiger charge is -2.33. The van der Waals surface area contributed by atoms with Crippen LogP contribution in [0.25, 0.3) is 0 Å². The van der Waals surface area contributed by atoms with Gasteiger partial charge in [0.2, 0.25) is 6.79 Å². The fraction of sp³-hybridized carbons (Fsp3) is 0.235. The fourth-order valence-corrected chi connectivity index (χ4v) is 2.93. The largest absolute Gasteiger partial charge is 0.479 e. The van der Waals surface area contributed by atoms with Crippen molar-refractivity contribution in [1.82, 2.24) is 0 Å². The van der Waals surface area contributed by atoms with Crippen molar-refractivity contribution >= 4 is 23.2 Å². The van der Waals surface area contributed by atoms with Crippen molar-refractivity contribution < 1.29 is 19.0 Å². The molecule has 2 aromatic rings. The van der Waals surface area contributed by atoms with E-state index in [0.717, 1.165) is 17.0 Å². The molecule has 0 aromatic heterocycles. The topological polar surface area (TPSA) is 48.0 Å². The Kier molecular flexibility index (Phi) is 3.31. The lowest BCUT2D eigenvalue weighted by molar-refractivity contribution is -0.125. The minimum Gasteiger partial charge on any atom is -0.479 e. The molecule has 6 heteroatoms. The van der Waals surface area contributed by atoms with E-state index >= 15 is 0 Å². The van der Waals surface area contributed by atoms with Gasteiger partial charge in [0.1, 0.15) is 5.75 Å². The monoisotopic (exact) mass is 331 g/mol. The molecule has 2 aliphatic rings. The highest BCUT2D eigenvalue weighted by atomic mass is 35.5. The number of hydrogen-bond acceptors (Lipinski definition) is 4. The van der Waals surface area contributed by atoms with Crippen LogP contribution in [0.1, 0.15) is 12.5 Å². The summed E-state index contributed by atoms with van der Waals surface area (Å²) in [6.07, 6.45) is -0.546. The van der Waals surface area contributed by atoms with Crippen molar-refractivity contribution in [3.63, 3.8) is 0 Å². The molecule has 4 rings (SSSR count). The first-order valence-corrected chi connectivity index (χ1v) is 7.66. The minimum atomic E-state index is -0.546. The molecule has 1 atom stereocenters. The maximum atomic E-state index is 12.5. The molecule has 0 bridgehead atoms. The predicted molar refractivity (Wildman–Crippen MR) is 85.3 cm³/mol. The number of carbonyl (C=O) groups is 1. The first-order valence-electron chi connectivity index (χ1n) is 7.28. The van der Waals surface area contributed by atoms with Crippen LogP contribution in [-0.4, -0.2) is 18.8 Å². The van der Waals surface area contributed by atoms with Crippen molar-refractivity contribution in [1.29, 1.82) is 0 Å². The molecule has 0 saturated heterocycles. The first-order chi connectivity index (χ1) is 11.1. The molecule has 0 spiro atoms. The second kappa shape index (κ2) is 5.35. The minimum absolute atomic E-state index is 0.0857. The molecule has 0 radical (unpaired) electrons. The smallest absolute Gasteiger partial charge is 0.268 e. The van der Waals surface area contributed by atoms with Gasteiger partial charge in [-0.1, -0.05) is 17.7 Å². The van der Waals surface area contributed by atoms with Crippen LogP contribution in [0.4, 0.5) is 5.69 Å². The number of amides is 1. The lowest BCUT2D eigenvalue weighted by atomic mass is 10.1. The van der Waals surface area contributed by atoms with Crippen LogP contribution in [-0.2, 0) is 11.3 Å². The van der Waals surface area contributed by atoms with Crippen molar-refractivity contribution in [3.05, 3.63) is 47.0 Å². The zero-order valence-corrected chi connectivity index (χ0v) is 13.2. The molecule has 118 valence electrons. The quantitative estimate of drug-likeness (QED) is 0.846. The van der Waals surface area contributed by atoms with Gasteiger partial charge in [0.05, 0.1) is 12.2 Å². The summed E-state index contributed by atoms with van der Waals surface area (Å²) in [5.74, 6) is 1.96. The third kappa shape index (κ3) is 2.47. The van der Waals surface area contributed by atoms with Gasteiger partial charge in [-0.05, 0) is 36.8 Å². The molecule has 0 aliphatic carbocycles. The Morgan fingerprint density at radius 3 is 2.83 bits per heavy atom. The number of anilines is 1. The van der Waals surface area contributed by atoms with Gasteiger partial charge in [-0.3, -0.25) is 4.79 Å². The second-order valence-corrected chi connectivity index (χ2v) is 5.92. The molecule has 1 unspecified atom stereocenters. The number of hydrogen-bond donors (Lipinski definition) is 0. The van der Waals surface area contributed by atoms with E-state index in [2.05, 4.69) is 0 Å². The molecule has 23 heavy (non-hydrogen) atoms. The Balaban J connectivity index is 1.69. The summed E-state index contributed by atoms with van der Waals surface area (Å²) in [4.78, 5) is 14.2. The van der Waals surface area contributed by atoms with E-state index in [-0.39, 0.29) is 12.7 Å². The number of ether oxygens (including phenoxy) is 3. The van der Waals surface area contributed by atoms with E-state index in [9.17, 15) is 4.79 Å². The Labute approximate surface area is 138 Å². The van der Waals surface area contributed by atoms with Crippen LogP contribution < -0.4 is 19.1 Å². The van der Waals surface area contributed by atoms with E-state index in [4.69, 9.17) is 25.8 Å². The maximum Gasteiger partial charge on any atom is 0.268 e. The molecule has 5 nitrogen and oxygen atoms in total. The predicted octanol–water partition coefficient (Wildman–Crippen LogP) is 3.38. The highest BCUT2D eigenvalue weighted by Gasteiger charge is 2.31. The van der Waals surface area contributed by atoms with Gasteiger partial charge in [0.15, 0.2) is 17.6 Å². The van der Waals surface area contributed by atoms with Gasteiger partial charge >= 0.3 is 0 Å². The molecule has 1 amide bonds. The highest BCUT2D eigenvalue weighted by Crippen LogP contribution is 2.38. The van der Waals surface area contributed by atoms with E-state index in [1.807, 2.05) is 18.2 Å². The molecular formula is C17H14ClNO4. The summed E-state index contributed by atoms with van der Waals surface area (Å²) in [5.41, 5.74) is 1.67. The third-order valence-electron chi connectivity index (χ3n) is 3.91. The molecule has 2 heterocycles. The van der Waals surface area contributed by atoms with E-state index < -0.39 is 6.10 Å². The van der Waals surface area contributed by atoms with Crippen LogP contribution in [0, 0.1) is 0 Å². The molecule has 2 aliphatic heterocycles. The molecule has 0 saturated carbocycles. The number of fused-ring (bicyclic) bond motifs is 2. The number of rotatable bonds is 2. The molecule has 0 N–H and O–H groups in total. The maximum absolute atomic E-state index is 12.5. The zero-order valence-electron chi connectivity index (χ0n) is 12.4. The van der Waals surface area contributed by atoms with E-state index in [1.165, 1.54) is 0 Å².